The Labute approximate surface area is 118 Å². The van der Waals surface area contributed by atoms with Gasteiger partial charge in [0.15, 0.2) is 0 Å². The number of aromatic amines is 1. The van der Waals surface area contributed by atoms with E-state index in [1.807, 2.05) is 24.3 Å². The van der Waals surface area contributed by atoms with Gasteiger partial charge in [0.25, 0.3) is 5.91 Å². The molecule has 0 aliphatic rings. The Bertz CT molecular complexity index is 737. The molecule has 0 fully saturated rings. The van der Waals surface area contributed by atoms with Gasteiger partial charge in [0.1, 0.15) is 5.69 Å². The fraction of sp³-hybridized carbons (Fsp3) is 0. The number of fused-ring (bicyclic) bond motifs is 1. The zero-order valence-corrected chi connectivity index (χ0v) is 11.4. The predicted octanol–water partition coefficient (Wildman–Crippen LogP) is 3.58. The average molecular weight is 316 g/mol. The van der Waals surface area contributed by atoms with Crippen LogP contribution in [0.4, 0.5) is 5.69 Å². The minimum atomic E-state index is -0.168. The summed E-state index contributed by atoms with van der Waals surface area (Å²) in [4.78, 5) is 19.1. The van der Waals surface area contributed by atoms with E-state index < -0.39 is 0 Å². The molecule has 4 nitrogen and oxygen atoms in total. The highest BCUT2D eigenvalue weighted by Crippen LogP contribution is 2.21. The monoisotopic (exact) mass is 315 g/mol. The molecule has 0 saturated carbocycles. The molecule has 3 rings (SSSR count). The minimum Gasteiger partial charge on any atom is -0.351 e. The fourth-order valence-electron chi connectivity index (χ4n) is 1.86. The van der Waals surface area contributed by atoms with Gasteiger partial charge >= 0.3 is 0 Å². The second-order valence-corrected chi connectivity index (χ2v) is 5.02. The van der Waals surface area contributed by atoms with Gasteiger partial charge in [-0.2, -0.15) is 0 Å². The van der Waals surface area contributed by atoms with Gasteiger partial charge in [-0.25, -0.2) is 0 Å². The van der Waals surface area contributed by atoms with Crippen LogP contribution in [0.5, 0.6) is 0 Å². The highest BCUT2D eigenvalue weighted by Gasteiger charge is 2.09. The normalized spacial score (nSPS) is 10.6. The Morgan fingerprint density at radius 2 is 1.95 bits per heavy atom. The van der Waals surface area contributed by atoms with Crippen LogP contribution in [0.2, 0.25) is 0 Å². The second kappa shape index (κ2) is 4.85. The van der Waals surface area contributed by atoms with Crippen LogP contribution in [0.3, 0.4) is 0 Å². The molecule has 2 heterocycles. The Kier molecular flexibility index (Phi) is 3.05. The number of halogens is 1. The van der Waals surface area contributed by atoms with Gasteiger partial charge < -0.3 is 10.3 Å². The number of amides is 1. The molecule has 94 valence electrons. The molecule has 19 heavy (non-hydrogen) atoms. The average Bonchev–Trinajstić information content (AvgIpc) is 2.83. The molecule has 0 unspecified atom stereocenters. The summed E-state index contributed by atoms with van der Waals surface area (Å²) in [6.07, 6.45) is 3.27. The number of carbonyl (C=O) groups excluding carboxylic acids is 1. The van der Waals surface area contributed by atoms with E-state index in [-0.39, 0.29) is 5.91 Å². The molecular formula is C14H10BrN3O. The molecule has 5 heteroatoms. The third kappa shape index (κ3) is 2.51. The summed E-state index contributed by atoms with van der Waals surface area (Å²) in [6, 6.07) is 11.2. The lowest BCUT2D eigenvalue weighted by Crippen LogP contribution is -2.12. The quantitative estimate of drug-likeness (QED) is 0.759. The van der Waals surface area contributed by atoms with Gasteiger partial charge in [0, 0.05) is 33.5 Å². The SMILES string of the molecule is O=C(Nc1ccncc1)c1cc2cc(Br)ccc2[nH]1. The molecule has 0 saturated heterocycles. The van der Waals surface area contributed by atoms with Crippen molar-refractivity contribution >= 4 is 38.4 Å². The van der Waals surface area contributed by atoms with Crippen LogP contribution in [0.15, 0.2) is 53.3 Å². The molecule has 1 amide bonds. The number of aromatic nitrogens is 2. The molecule has 0 aliphatic carbocycles. The number of pyridine rings is 1. The maximum absolute atomic E-state index is 12.1. The lowest BCUT2D eigenvalue weighted by molar-refractivity contribution is 0.102. The lowest BCUT2D eigenvalue weighted by atomic mass is 10.2. The van der Waals surface area contributed by atoms with Crippen LogP contribution in [0.25, 0.3) is 10.9 Å². The third-order valence-corrected chi connectivity index (χ3v) is 3.26. The highest BCUT2D eigenvalue weighted by molar-refractivity contribution is 9.10. The third-order valence-electron chi connectivity index (χ3n) is 2.77. The van der Waals surface area contributed by atoms with Gasteiger partial charge in [-0.3, -0.25) is 9.78 Å². The Morgan fingerprint density at radius 3 is 2.74 bits per heavy atom. The zero-order valence-electron chi connectivity index (χ0n) is 9.85. The summed E-state index contributed by atoms with van der Waals surface area (Å²) in [5, 5.41) is 3.81. The first-order valence-corrected chi connectivity index (χ1v) is 6.51. The summed E-state index contributed by atoms with van der Waals surface area (Å²) in [7, 11) is 0. The summed E-state index contributed by atoms with van der Waals surface area (Å²) >= 11 is 3.41. The first-order valence-electron chi connectivity index (χ1n) is 5.72. The Morgan fingerprint density at radius 1 is 1.16 bits per heavy atom. The van der Waals surface area contributed by atoms with E-state index in [1.165, 1.54) is 0 Å². The fourth-order valence-corrected chi connectivity index (χ4v) is 2.24. The Hall–Kier alpha value is -2.14. The second-order valence-electron chi connectivity index (χ2n) is 4.10. The summed E-state index contributed by atoms with van der Waals surface area (Å²) in [5.74, 6) is -0.168. The maximum atomic E-state index is 12.1. The number of rotatable bonds is 2. The molecule has 2 aromatic heterocycles. The number of hydrogen-bond acceptors (Lipinski definition) is 2. The van der Waals surface area contributed by atoms with E-state index in [1.54, 1.807) is 24.5 Å². The standard InChI is InChI=1S/C14H10BrN3O/c15-10-1-2-12-9(7-10)8-13(18-12)14(19)17-11-3-5-16-6-4-11/h1-8,18H,(H,16,17,19). The molecule has 0 bridgehead atoms. The van der Waals surface area contributed by atoms with Gasteiger partial charge in [-0.15, -0.1) is 0 Å². The van der Waals surface area contributed by atoms with Crippen LogP contribution in [0, 0.1) is 0 Å². The molecule has 0 radical (unpaired) electrons. The molecular weight excluding hydrogens is 306 g/mol. The minimum absolute atomic E-state index is 0.168. The van der Waals surface area contributed by atoms with Gasteiger partial charge in [0.05, 0.1) is 0 Å². The van der Waals surface area contributed by atoms with Gasteiger partial charge in [-0.1, -0.05) is 15.9 Å². The van der Waals surface area contributed by atoms with Crippen LogP contribution < -0.4 is 5.32 Å². The van der Waals surface area contributed by atoms with E-state index in [0.717, 1.165) is 21.1 Å². The summed E-state index contributed by atoms with van der Waals surface area (Å²) in [5.41, 5.74) is 2.19. The van der Waals surface area contributed by atoms with Crippen LogP contribution in [0.1, 0.15) is 10.5 Å². The van der Waals surface area contributed by atoms with Crippen LogP contribution in [-0.4, -0.2) is 15.9 Å². The first kappa shape index (κ1) is 11.9. The van der Waals surface area contributed by atoms with Crippen molar-refractivity contribution in [2.45, 2.75) is 0 Å². The van der Waals surface area contributed by atoms with E-state index in [9.17, 15) is 4.79 Å². The predicted molar refractivity (Wildman–Crippen MR) is 78.2 cm³/mol. The number of benzene rings is 1. The smallest absolute Gasteiger partial charge is 0.272 e. The summed E-state index contributed by atoms with van der Waals surface area (Å²) < 4.78 is 0.986. The van der Waals surface area contributed by atoms with E-state index >= 15 is 0 Å². The largest absolute Gasteiger partial charge is 0.351 e. The van der Waals surface area contributed by atoms with Crippen LogP contribution >= 0.6 is 15.9 Å². The van der Waals surface area contributed by atoms with Crippen molar-refractivity contribution in [1.82, 2.24) is 9.97 Å². The number of H-pyrrole nitrogens is 1. The lowest BCUT2D eigenvalue weighted by Gasteiger charge is -2.01. The number of nitrogens with zero attached hydrogens (tertiary/aromatic N) is 1. The van der Waals surface area contributed by atoms with Gasteiger partial charge in [-0.05, 0) is 36.4 Å². The van der Waals surface area contributed by atoms with Crippen molar-refractivity contribution in [3.8, 4) is 0 Å². The van der Waals surface area contributed by atoms with E-state index in [4.69, 9.17) is 0 Å². The summed E-state index contributed by atoms with van der Waals surface area (Å²) in [6.45, 7) is 0. The van der Waals surface area contributed by atoms with Crippen LogP contribution in [-0.2, 0) is 0 Å². The molecule has 0 atom stereocenters. The number of anilines is 1. The zero-order chi connectivity index (χ0) is 13.2. The number of carbonyl (C=O) groups is 1. The topological polar surface area (TPSA) is 57.8 Å². The van der Waals surface area contributed by atoms with Gasteiger partial charge in [0.2, 0.25) is 0 Å². The van der Waals surface area contributed by atoms with Crippen molar-refractivity contribution in [2.24, 2.45) is 0 Å². The highest BCUT2D eigenvalue weighted by atomic mass is 79.9. The number of nitrogens with one attached hydrogen (secondary N) is 2. The molecule has 2 N–H and O–H groups in total. The molecule has 0 aliphatic heterocycles. The molecule has 3 aromatic rings. The van der Waals surface area contributed by atoms with E-state index in [0.29, 0.717) is 5.69 Å². The van der Waals surface area contributed by atoms with Crippen molar-refractivity contribution in [3.63, 3.8) is 0 Å². The van der Waals surface area contributed by atoms with Crippen molar-refractivity contribution in [3.05, 3.63) is 59.0 Å². The Balaban J connectivity index is 1.89. The molecule has 0 spiro atoms. The first-order chi connectivity index (χ1) is 9.22. The van der Waals surface area contributed by atoms with Crippen molar-refractivity contribution in [1.29, 1.82) is 0 Å². The number of hydrogen-bond donors (Lipinski definition) is 2. The van der Waals surface area contributed by atoms with Crippen molar-refractivity contribution < 1.29 is 4.79 Å². The maximum Gasteiger partial charge on any atom is 0.272 e. The van der Waals surface area contributed by atoms with Crippen molar-refractivity contribution in [2.75, 3.05) is 5.32 Å². The molecule has 1 aromatic carbocycles. The van der Waals surface area contributed by atoms with E-state index in [2.05, 4.69) is 31.2 Å².